The first-order valence-electron chi connectivity index (χ1n) is 17.8. The molecule has 0 aromatic carbocycles. The zero-order valence-electron chi connectivity index (χ0n) is 28.2. The summed E-state index contributed by atoms with van der Waals surface area (Å²) in [6, 6.07) is 0. The van der Waals surface area contributed by atoms with Crippen LogP contribution in [0.4, 0.5) is 0 Å². The molecule has 2 aliphatic carbocycles. The SMILES string of the molecule is C[C@@H]1O[C@@H](OC[C@H]2O[C@@H](OC3CC4C(O)CC(O)CC4OC3C3CCC(O)C(O)C3)[C@H](O[C@@H]3OC[C@@H](O)[C@H](O)[C@H]3O)[C@@H](O)[C@@H]2O)[C@H](O)[C@H](O)[C@H]1O. The third-order valence-corrected chi connectivity index (χ3v) is 11.4. The molecule has 0 aromatic heterocycles. The van der Waals surface area contributed by atoms with Crippen LogP contribution in [0.1, 0.15) is 45.4 Å². The van der Waals surface area contributed by atoms with Crippen molar-refractivity contribution in [3.8, 4) is 0 Å². The maximum atomic E-state index is 11.4. The van der Waals surface area contributed by atoms with Crippen LogP contribution in [0.25, 0.3) is 0 Å². The second-order valence-corrected chi connectivity index (χ2v) is 15.0. The minimum atomic E-state index is -1.82. The molecule has 0 aromatic rings. The van der Waals surface area contributed by atoms with Crippen LogP contribution < -0.4 is 0 Å². The molecule has 4 heterocycles. The largest absolute Gasteiger partial charge is 0.393 e. The van der Waals surface area contributed by atoms with Crippen molar-refractivity contribution in [2.24, 2.45) is 11.8 Å². The van der Waals surface area contributed by atoms with Gasteiger partial charge in [-0.05, 0) is 51.4 Å². The van der Waals surface area contributed by atoms with E-state index >= 15 is 0 Å². The van der Waals surface area contributed by atoms with E-state index in [1.807, 2.05) is 0 Å². The van der Waals surface area contributed by atoms with Crippen LogP contribution >= 0.6 is 0 Å². The van der Waals surface area contributed by atoms with Gasteiger partial charge in [0.05, 0.1) is 62.0 Å². The normalized spacial score (nSPS) is 55.6. The molecule has 0 bridgehead atoms. The molecule has 296 valence electrons. The van der Waals surface area contributed by atoms with E-state index in [0.29, 0.717) is 6.42 Å². The van der Waals surface area contributed by atoms with Crippen LogP contribution in [0.3, 0.4) is 0 Å². The van der Waals surface area contributed by atoms with Gasteiger partial charge in [-0.3, -0.25) is 0 Å². The van der Waals surface area contributed by atoms with Crippen LogP contribution in [-0.2, 0) is 33.2 Å². The highest BCUT2D eigenvalue weighted by molar-refractivity contribution is 5.00. The van der Waals surface area contributed by atoms with E-state index in [2.05, 4.69) is 0 Å². The summed E-state index contributed by atoms with van der Waals surface area (Å²) in [5, 5.41) is 126. The molecule has 6 fully saturated rings. The zero-order chi connectivity index (χ0) is 36.9. The quantitative estimate of drug-likeness (QED) is 0.110. The summed E-state index contributed by atoms with van der Waals surface area (Å²) in [5.41, 5.74) is 0. The third-order valence-electron chi connectivity index (χ3n) is 11.4. The lowest BCUT2D eigenvalue weighted by Crippen LogP contribution is -2.65. The highest BCUT2D eigenvalue weighted by atomic mass is 16.8. The molecular formula is C32H54O19. The Balaban J connectivity index is 1.25. The molecule has 0 radical (unpaired) electrons. The van der Waals surface area contributed by atoms with Gasteiger partial charge in [-0.15, -0.1) is 0 Å². The fourth-order valence-electron chi connectivity index (χ4n) is 8.27. The molecule has 2 saturated carbocycles. The smallest absolute Gasteiger partial charge is 0.187 e. The topological polar surface area (TPSA) is 307 Å². The molecule has 19 heteroatoms. The van der Waals surface area contributed by atoms with E-state index in [0.717, 1.165) is 0 Å². The van der Waals surface area contributed by atoms with E-state index in [4.69, 9.17) is 33.2 Å². The predicted molar refractivity (Wildman–Crippen MR) is 164 cm³/mol. The van der Waals surface area contributed by atoms with Gasteiger partial charge in [-0.2, -0.15) is 0 Å². The van der Waals surface area contributed by atoms with Crippen LogP contribution in [0.2, 0.25) is 0 Å². The maximum absolute atomic E-state index is 11.4. The van der Waals surface area contributed by atoms with Crippen LogP contribution in [0.5, 0.6) is 0 Å². The zero-order valence-corrected chi connectivity index (χ0v) is 28.2. The first kappa shape index (κ1) is 39.9. The number of hydrogen-bond donors (Lipinski definition) is 12. The molecule has 51 heavy (non-hydrogen) atoms. The third kappa shape index (κ3) is 8.42. The predicted octanol–water partition coefficient (Wildman–Crippen LogP) is -5.70. The molecule has 12 N–H and O–H groups in total. The van der Waals surface area contributed by atoms with Gasteiger partial charge in [0.25, 0.3) is 0 Å². The number of ether oxygens (including phenoxy) is 7. The minimum Gasteiger partial charge on any atom is -0.393 e. The fourth-order valence-corrected chi connectivity index (χ4v) is 8.27. The molecule has 6 aliphatic rings. The molecule has 0 spiro atoms. The Morgan fingerprint density at radius 3 is 2.02 bits per heavy atom. The Bertz CT molecular complexity index is 1120. The van der Waals surface area contributed by atoms with Gasteiger partial charge in [0, 0.05) is 5.92 Å². The Kier molecular flexibility index (Phi) is 12.9. The van der Waals surface area contributed by atoms with Crippen molar-refractivity contribution < 1.29 is 94.4 Å². The summed E-state index contributed by atoms with van der Waals surface area (Å²) in [5.74, 6) is -0.836. The number of hydrogen-bond acceptors (Lipinski definition) is 19. The van der Waals surface area contributed by atoms with Crippen molar-refractivity contribution >= 4 is 0 Å². The summed E-state index contributed by atoms with van der Waals surface area (Å²) >= 11 is 0. The van der Waals surface area contributed by atoms with Gasteiger partial charge >= 0.3 is 0 Å². The first-order valence-corrected chi connectivity index (χ1v) is 17.8. The molecule has 4 aliphatic heterocycles. The standard InChI is InChI=1S/C32H54O19/c1-10-21(38)24(41)27(44)30(47-10)46-9-20-23(40)25(42)29(51-31-26(43)22(39)17(37)8-45-31)32(50-20)49-19-7-13-15(35)5-12(33)6-18(13)48-28(19)11-2-3-14(34)16(36)4-11/h10-44H,2-9H2,1H3/t10-,11?,12?,13?,14?,15?,16?,17+,18?,19?,20+,21-,22-,23+,24+,25-,26+,27+,28?,29+,30+,31-,32+/m0/s1. The van der Waals surface area contributed by atoms with E-state index in [1.165, 1.54) is 6.92 Å². The number of fused-ring (bicyclic) bond motifs is 1. The monoisotopic (exact) mass is 742 g/mol. The van der Waals surface area contributed by atoms with Gasteiger partial charge < -0.3 is 94.4 Å². The van der Waals surface area contributed by atoms with E-state index < -0.39 is 148 Å². The molecule has 6 rings (SSSR count). The summed E-state index contributed by atoms with van der Waals surface area (Å²) in [4.78, 5) is 0. The van der Waals surface area contributed by atoms with E-state index in [-0.39, 0.29) is 38.0 Å². The van der Waals surface area contributed by atoms with Crippen molar-refractivity contribution in [3.63, 3.8) is 0 Å². The molecule has 19 nitrogen and oxygen atoms in total. The Hall–Kier alpha value is -0.760. The molecule has 23 atom stereocenters. The van der Waals surface area contributed by atoms with Crippen LogP contribution in [0.15, 0.2) is 0 Å². The highest BCUT2D eigenvalue weighted by Crippen LogP contribution is 2.44. The summed E-state index contributed by atoms with van der Waals surface area (Å²) in [6.45, 7) is 0.494. The summed E-state index contributed by atoms with van der Waals surface area (Å²) in [7, 11) is 0. The second-order valence-electron chi connectivity index (χ2n) is 15.0. The van der Waals surface area contributed by atoms with Crippen LogP contribution in [-0.4, -0.2) is 203 Å². The Labute approximate surface area is 293 Å². The number of rotatable bonds is 8. The molecule has 9 unspecified atom stereocenters. The van der Waals surface area contributed by atoms with Gasteiger partial charge in [-0.1, -0.05) is 0 Å². The lowest BCUT2D eigenvalue weighted by atomic mass is 9.72. The van der Waals surface area contributed by atoms with Crippen LogP contribution in [0, 0.1) is 11.8 Å². The first-order chi connectivity index (χ1) is 24.1. The van der Waals surface area contributed by atoms with Crippen molar-refractivity contribution in [2.75, 3.05) is 13.2 Å². The maximum Gasteiger partial charge on any atom is 0.187 e. The van der Waals surface area contributed by atoms with Gasteiger partial charge in [0.1, 0.15) is 61.0 Å². The van der Waals surface area contributed by atoms with Crippen molar-refractivity contribution in [1.82, 2.24) is 0 Å². The second kappa shape index (κ2) is 16.5. The number of aliphatic hydroxyl groups excluding tert-OH is 12. The van der Waals surface area contributed by atoms with Crippen molar-refractivity contribution in [1.29, 1.82) is 0 Å². The molecule has 4 saturated heterocycles. The van der Waals surface area contributed by atoms with Crippen molar-refractivity contribution in [3.05, 3.63) is 0 Å². The lowest BCUT2D eigenvalue weighted by molar-refractivity contribution is -0.376. The van der Waals surface area contributed by atoms with Gasteiger partial charge in [0.2, 0.25) is 0 Å². The highest BCUT2D eigenvalue weighted by Gasteiger charge is 2.54. The average Bonchev–Trinajstić information content (AvgIpc) is 3.09. The molecular weight excluding hydrogens is 688 g/mol. The summed E-state index contributed by atoms with van der Waals surface area (Å²) in [6.07, 6.45) is -26.2. The number of aliphatic hydroxyl groups is 12. The minimum absolute atomic E-state index is 0.108. The van der Waals surface area contributed by atoms with E-state index in [9.17, 15) is 61.3 Å². The fraction of sp³-hybridized carbons (Fsp3) is 1.00. The molecule has 0 amide bonds. The summed E-state index contributed by atoms with van der Waals surface area (Å²) < 4.78 is 41.5. The van der Waals surface area contributed by atoms with Gasteiger partial charge in [-0.25, -0.2) is 0 Å². The lowest BCUT2D eigenvalue weighted by Gasteiger charge is -2.51. The average molecular weight is 743 g/mol. The van der Waals surface area contributed by atoms with Crippen molar-refractivity contribution in [2.45, 2.75) is 174 Å². The Morgan fingerprint density at radius 2 is 1.29 bits per heavy atom. The van der Waals surface area contributed by atoms with Gasteiger partial charge in [0.15, 0.2) is 18.9 Å². The Morgan fingerprint density at radius 1 is 0.569 bits per heavy atom. The van der Waals surface area contributed by atoms with E-state index in [1.54, 1.807) is 0 Å².